The molecule has 1 fully saturated rings. The van der Waals surface area contributed by atoms with Crippen molar-refractivity contribution < 1.29 is 13.9 Å². The highest BCUT2D eigenvalue weighted by atomic mass is 19.1. The van der Waals surface area contributed by atoms with Gasteiger partial charge in [0.2, 0.25) is 0 Å². The zero-order valence-electron chi connectivity index (χ0n) is 11.4. The van der Waals surface area contributed by atoms with Crippen LogP contribution >= 0.6 is 0 Å². The number of amides is 1. The lowest BCUT2D eigenvalue weighted by Gasteiger charge is -2.07. The number of aromatic nitrogens is 2. The van der Waals surface area contributed by atoms with Crippen LogP contribution in [0.15, 0.2) is 18.2 Å². The number of ether oxygens (including phenoxy) is 1. The molecule has 3 rings (SSSR count). The molecule has 7 heteroatoms. The lowest BCUT2D eigenvalue weighted by molar-refractivity contribution is 0.102. The summed E-state index contributed by atoms with van der Waals surface area (Å²) in [6.07, 6.45) is 2.12. The lowest BCUT2D eigenvalue weighted by atomic mass is 10.2. The average molecular weight is 290 g/mol. The first kappa shape index (κ1) is 13.4. The molecule has 0 unspecified atom stereocenters. The quantitative estimate of drug-likeness (QED) is 0.805. The highest BCUT2D eigenvalue weighted by Crippen LogP contribution is 2.42. The van der Waals surface area contributed by atoms with E-state index in [0.717, 1.165) is 18.5 Å². The molecule has 1 aliphatic carbocycles. The van der Waals surface area contributed by atoms with Crippen LogP contribution in [-0.2, 0) is 0 Å². The molecular weight excluding hydrogens is 275 g/mol. The maximum Gasteiger partial charge on any atom is 0.278 e. The van der Waals surface area contributed by atoms with Crippen molar-refractivity contribution in [3.63, 3.8) is 0 Å². The summed E-state index contributed by atoms with van der Waals surface area (Å²) in [6.45, 7) is 0. The van der Waals surface area contributed by atoms with Crippen LogP contribution in [-0.4, -0.2) is 23.2 Å². The molecule has 0 bridgehead atoms. The van der Waals surface area contributed by atoms with Crippen molar-refractivity contribution in [1.82, 2.24) is 10.2 Å². The number of benzene rings is 1. The predicted molar refractivity (Wildman–Crippen MR) is 75.9 cm³/mol. The fourth-order valence-electron chi connectivity index (χ4n) is 2.15. The van der Waals surface area contributed by atoms with E-state index in [1.807, 2.05) is 0 Å². The number of halogens is 1. The summed E-state index contributed by atoms with van der Waals surface area (Å²) < 4.78 is 18.2. The molecule has 0 saturated heterocycles. The molecule has 0 aliphatic heterocycles. The molecule has 1 aromatic carbocycles. The number of carbonyl (C=O) groups excluding carboxylic acids is 1. The molecule has 4 N–H and O–H groups in total. The van der Waals surface area contributed by atoms with Gasteiger partial charge in [0.25, 0.3) is 5.91 Å². The smallest absolute Gasteiger partial charge is 0.278 e. The summed E-state index contributed by atoms with van der Waals surface area (Å²) >= 11 is 0. The number of hydrogen-bond acceptors (Lipinski definition) is 4. The van der Waals surface area contributed by atoms with Crippen LogP contribution in [0.1, 0.15) is 34.9 Å². The van der Waals surface area contributed by atoms with Crippen molar-refractivity contribution in [1.29, 1.82) is 0 Å². The zero-order valence-corrected chi connectivity index (χ0v) is 11.4. The number of nitrogen functional groups attached to an aromatic ring is 1. The number of methoxy groups -OCH3 is 1. The third kappa shape index (κ3) is 2.54. The molecule has 0 atom stereocenters. The van der Waals surface area contributed by atoms with Crippen LogP contribution in [0.4, 0.5) is 15.8 Å². The van der Waals surface area contributed by atoms with E-state index in [-0.39, 0.29) is 11.4 Å². The third-order valence-corrected chi connectivity index (χ3v) is 3.44. The number of anilines is 2. The van der Waals surface area contributed by atoms with Gasteiger partial charge < -0.3 is 15.8 Å². The van der Waals surface area contributed by atoms with Gasteiger partial charge in [0.15, 0.2) is 17.3 Å². The highest BCUT2D eigenvalue weighted by molar-refractivity contribution is 6.06. The minimum absolute atomic E-state index is 0.0569. The molecule has 0 radical (unpaired) electrons. The number of nitrogens with one attached hydrogen (secondary N) is 2. The minimum atomic E-state index is -0.495. The van der Waals surface area contributed by atoms with Crippen LogP contribution in [0, 0.1) is 5.82 Å². The Balaban J connectivity index is 1.80. The van der Waals surface area contributed by atoms with E-state index >= 15 is 0 Å². The molecule has 2 aromatic rings. The fraction of sp³-hybridized carbons (Fsp3) is 0.286. The summed E-state index contributed by atoms with van der Waals surface area (Å²) in [5, 5.41) is 9.41. The van der Waals surface area contributed by atoms with Gasteiger partial charge in [0.1, 0.15) is 0 Å². The number of aromatic amines is 1. The molecule has 6 nitrogen and oxygen atoms in total. The fourth-order valence-corrected chi connectivity index (χ4v) is 2.15. The van der Waals surface area contributed by atoms with Crippen LogP contribution in [0.5, 0.6) is 5.75 Å². The van der Waals surface area contributed by atoms with Crippen LogP contribution in [0.25, 0.3) is 0 Å². The van der Waals surface area contributed by atoms with Gasteiger partial charge in [-0.1, -0.05) is 0 Å². The Bertz CT molecular complexity index is 694. The van der Waals surface area contributed by atoms with E-state index in [0.29, 0.717) is 17.3 Å². The number of rotatable bonds is 4. The Kier molecular flexibility index (Phi) is 3.25. The van der Waals surface area contributed by atoms with Crippen LogP contribution in [0.3, 0.4) is 0 Å². The van der Waals surface area contributed by atoms with E-state index < -0.39 is 11.7 Å². The lowest BCUT2D eigenvalue weighted by Crippen LogP contribution is -2.14. The Morgan fingerprint density at radius 3 is 2.95 bits per heavy atom. The van der Waals surface area contributed by atoms with Crippen molar-refractivity contribution in [3.05, 3.63) is 35.4 Å². The molecule has 1 aromatic heterocycles. The molecule has 21 heavy (non-hydrogen) atoms. The highest BCUT2D eigenvalue weighted by Gasteiger charge is 2.30. The summed E-state index contributed by atoms with van der Waals surface area (Å²) in [5.74, 6) is -0.499. The number of H-pyrrole nitrogens is 1. The van der Waals surface area contributed by atoms with Crippen molar-refractivity contribution in [2.45, 2.75) is 18.8 Å². The molecule has 1 heterocycles. The van der Waals surface area contributed by atoms with Crippen LogP contribution < -0.4 is 15.8 Å². The summed E-state index contributed by atoms with van der Waals surface area (Å²) in [6, 6.07) is 4.07. The van der Waals surface area contributed by atoms with E-state index in [2.05, 4.69) is 15.5 Å². The second kappa shape index (κ2) is 5.08. The number of hydrogen-bond donors (Lipinski definition) is 3. The summed E-state index contributed by atoms with van der Waals surface area (Å²) in [5.41, 5.74) is 7.70. The first-order chi connectivity index (χ1) is 10.1. The predicted octanol–water partition coefficient (Wildman–Crippen LogP) is 2.27. The number of carbonyl (C=O) groups is 1. The maximum absolute atomic E-state index is 13.3. The topological polar surface area (TPSA) is 93.0 Å². The van der Waals surface area contributed by atoms with Gasteiger partial charge >= 0.3 is 0 Å². The summed E-state index contributed by atoms with van der Waals surface area (Å²) in [4.78, 5) is 12.2. The SMILES string of the molecule is COc1cc(NC(=O)c2n[nH]c(C3CC3)c2N)ccc1F. The van der Waals surface area contributed by atoms with E-state index in [1.54, 1.807) is 0 Å². The molecule has 0 spiro atoms. The van der Waals surface area contributed by atoms with Gasteiger partial charge in [-0.2, -0.15) is 5.10 Å². The Hall–Kier alpha value is -2.57. The zero-order chi connectivity index (χ0) is 15.0. The Morgan fingerprint density at radius 2 is 2.29 bits per heavy atom. The van der Waals surface area contributed by atoms with Crippen molar-refractivity contribution in [3.8, 4) is 5.75 Å². The Labute approximate surface area is 120 Å². The Morgan fingerprint density at radius 1 is 1.52 bits per heavy atom. The molecule has 1 amide bonds. The van der Waals surface area contributed by atoms with Crippen molar-refractivity contribution in [2.24, 2.45) is 0 Å². The second-order valence-corrected chi connectivity index (χ2v) is 4.98. The molecule has 1 saturated carbocycles. The monoisotopic (exact) mass is 290 g/mol. The number of nitrogens with zero attached hydrogens (tertiary/aromatic N) is 1. The van der Waals surface area contributed by atoms with E-state index in [4.69, 9.17) is 10.5 Å². The normalized spacial score (nSPS) is 14.0. The first-order valence-electron chi connectivity index (χ1n) is 6.58. The van der Waals surface area contributed by atoms with Gasteiger partial charge in [-0.05, 0) is 25.0 Å². The van der Waals surface area contributed by atoms with E-state index in [9.17, 15) is 9.18 Å². The standard InChI is InChI=1S/C14H15FN4O2/c1-21-10-6-8(4-5-9(10)15)17-14(20)13-11(16)12(18-19-13)7-2-3-7/h4-7H,2-3,16H2,1H3,(H,17,20)(H,18,19). The third-order valence-electron chi connectivity index (χ3n) is 3.44. The first-order valence-corrected chi connectivity index (χ1v) is 6.58. The second-order valence-electron chi connectivity index (χ2n) is 4.98. The average Bonchev–Trinajstić information content (AvgIpc) is 3.23. The largest absolute Gasteiger partial charge is 0.494 e. The van der Waals surface area contributed by atoms with Gasteiger partial charge in [-0.25, -0.2) is 4.39 Å². The van der Waals surface area contributed by atoms with Crippen molar-refractivity contribution >= 4 is 17.3 Å². The maximum atomic E-state index is 13.3. The molecule has 1 aliphatic rings. The van der Waals surface area contributed by atoms with Gasteiger partial charge in [-0.15, -0.1) is 0 Å². The van der Waals surface area contributed by atoms with Gasteiger partial charge in [0.05, 0.1) is 18.5 Å². The van der Waals surface area contributed by atoms with Gasteiger partial charge in [0, 0.05) is 17.7 Å². The van der Waals surface area contributed by atoms with E-state index in [1.165, 1.54) is 25.3 Å². The minimum Gasteiger partial charge on any atom is -0.494 e. The van der Waals surface area contributed by atoms with Crippen LogP contribution in [0.2, 0.25) is 0 Å². The van der Waals surface area contributed by atoms with Gasteiger partial charge in [-0.3, -0.25) is 9.89 Å². The summed E-state index contributed by atoms with van der Waals surface area (Å²) in [7, 11) is 1.36. The molecule has 110 valence electrons. The number of nitrogens with two attached hydrogens (primary N) is 1. The van der Waals surface area contributed by atoms with Crippen molar-refractivity contribution in [2.75, 3.05) is 18.2 Å². The molecular formula is C14H15FN4O2.